The van der Waals surface area contributed by atoms with Crippen molar-refractivity contribution in [3.8, 4) is 0 Å². The van der Waals surface area contributed by atoms with Gasteiger partial charge in [-0.1, -0.05) is 30.3 Å². The smallest absolute Gasteiger partial charge is 0.242 e. The lowest BCUT2D eigenvalue weighted by molar-refractivity contribution is -0.122. The number of ether oxygens (including phenoxy) is 1. The summed E-state index contributed by atoms with van der Waals surface area (Å²) >= 11 is 0. The zero-order valence-corrected chi connectivity index (χ0v) is 13.8. The Hall–Kier alpha value is -2.07. The van der Waals surface area contributed by atoms with Crippen molar-refractivity contribution in [1.29, 1.82) is 0 Å². The summed E-state index contributed by atoms with van der Waals surface area (Å²) in [5.41, 5.74) is 1.04. The Morgan fingerprint density at radius 1 is 1.30 bits per heavy atom. The van der Waals surface area contributed by atoms with Crippen LogP contribution in [0.5, 0.6) is 0 Å². The van der Waals surface area contributed by atoms with Gasteiger partial charge in [0.25, 0.3) is 0 Å². The van der Waals surface area contributed by atoms with Gasteiger partial charge in [-0.05, 0) is 42.7 Å². The number of hydrogen-bond acceptors (Lipinski definition) is 3. The third kappa shape index (κ3) is 3.64. The van der Waals surface area contributed by atoms with Crippen molar-refractivity contribution < 1.29 is 9.53 Å². The first kappa shape index (κ1) is 15.8. The highest BCUT2D eigenvalue weighted by Crippen LogP contribution is 2.22. The van der Waals surface area contributed by atoms with Gasteiger partial charge in [0.05, 0.1) is 6.10 Å². The molecule has 1 fully saturated rings. The van der Waals surface area contributed by atoms with Crippen LogP contribution in [0.15, 0.2) is 42.5 Å². The molecule has 1 saturated heterocycles. The molecule has 0 radical (unpaired) electrons. The Kier molecular flexibility index (Phi) is 4.82. The van der Waals surface area contributed by atoms with Gasteiger partial charge < -0.3 is 15.0 Å². The summed E-state index contributed by atoms with van der Waals surface area (Å²) < 4.78 is 5.55. The summed E-state index contributed by atoms with van der Waals surface area (Å²) in [5, 5.41) is 5.40. The van der Waals surface area contributed by atoms with E-state index in [1.54, 1.807) is 0 Å². The third-order valence-corrected chi connectivity index (χ3v) is 4.63. The second-order valence-electron chi connectivity index (χ2n) is 6.20. The van der Waals surface area contributed by atoms with Crippen molar-refractivity contribution in [2.75, 3.05) is 25.1 Å². The zero-order valence-electron chi connectivity index (χ0n) is 13.8. The molecule has 0 aliphatic carbocycles. The van der Waals surface area contributed by atoms with Crippen LogP contribution < -0.4 is 10.2 Å². The molecule has 1 N–H and O–H groups in total. The number of rotatable bonds is 5. The first-order chi connectivity index (χ1) is 11.1. The fourth-order valence-electron chi connectivity index (χ4n) is 2.96. The molecule has 4 nitrogen and oxygen atoms in total. The predicted octanol–water partition coefficient (Wildman–Crippen LogP) is 2.96. The minimum atomic E-state index is -0.224. The van der Waals surface area contributed by atoms with Gasteiger partial charge >= 0.3 is 0 Å². The molecule has 0 bridgehead atoms. The Morgan fingerprint density at radius 3 is 2.83 bits per heavy atom. The highest BCUT2D eigenvalue weighted by Gasteiger charge is 2.21. The van der Waals surface area contributed by atoms with E-state index in [4.69, 9.17) is 4.74 Å². The molecule has 1 aliphatic rings. The van der Waals surface area contributed by atoms with E-state index in [1.165, 1.54) is 10.8 Å². The average molecular weight is 312 g/mol. The normalized spacial score (nSPS) is 18.8. The van der Waals surface area contributed by atoms with E-state index in [9.17, 15) is 4.79 Å². The van der Waals surface area contributed by atoms with Crippen LogP contribution in [0.1, 0.15) is 19.8 Å². The van der Waals surface area contributed by atoms with Gasteiger partial charge in [0.2, 0.25) is 5.91 Å². The van der Waals surface area contributed by atoms with E-state index in [0.29, 0.717) is 6.54 Å². The number of nitrogens with one attached hydrogen (secondary N) is 1. The van der Waals surface area contributed by atoms with Crippen LogP contribution in [0.3, 0.4) is 0 Å². The molecule has 0 aromatic heterocycles. The summed E-state index contributed by atoms with van der Waals surface area (Å²) in [6.45, 7) is 3.35. The number of amides is 1. The number of anilines is 1. The van der Waals surface area contributed by atoms with E-state index in [-0.39, 0.29) is 18.1 Å². The molecule has 3 rings (SSSR count). The van der Waals surface area contributed by atoms with Gasteiger partial charge in [0.15, 0.2) is 0 Å². The zero-order chi connectivity index (χ0) is 16.2. The fraction of sp³-hybridized carbons (Fsp3) is 0.421. The summed E-state index contributed by atoms with van der Waals surface area (Å²) in [6.07, 6.45) is 2.31. The molecule has 2 aromatic rings. The molecule has 0 saturated carbocycles. The molecular weight excluding hydrogens is 288 g/mol. The number of benzene rings is 2. The molecule has 1 heterocycles. The molecule has 4 heteroatoms. The van der Waals surface area contributed by atoms with Crippen molar-refractivity contribution in [2.24, 2.45) is 0 Å². The van der Waals surface area contributed by atoms with E-state index in [0.717, 1.165) is 25.1 Å². The predicted molar refractivity (Wildman–Crippen MR) is 93.8 cm³/mol. The van der Waals surface area contributed by atoms with Gasteiger partial charge in [-0.25, -0.2) is 0 Å². The summed E-state index contributed by atoms with van der Waals surface area (Å²) in [5.74, 6) is 0.0381. The second-order valence-corrected chi connectivity index (χ2v) is 6.20. The first-order valence-electron chi connectivity index (χ1n) is 8.26. The fourth-order valence-corrected chi connectivity index (χ4v) is 2.96. The van der Waals surface area contributed by atoms with Crippen LogP contribution in [0.2, 0.25) is 0 Å². The number of likely N-dealkylation sites (N-methyl/N-ethyl adjacent to an activating group) is 1. The molecule has 2 atom stereocenters. The van der Waals surface area contributed by atoms with Gasteiger partial charge in [0.1, 0.15) is 6.04 Å². The van der Waals surface area contributed by atoms with Crippen LogP contribution in [0.25, 0.3) is 10.8 Å². The SMILES string of the molecule is CC(C(=O)NCC1CCCO1)N(C)c1ccc2ccccc2c1. The summed E-state index contributed by atoms with van der Waals surface area (Å²) in [7, 11) is 1.96. The molecule has 122 valence electrons. The number of carbonyl (C=O) groups is 1. The molecular formula is C19H24N2O2. The van der Waals surface area contributed by atoms with Crippen molar-refractivity contribution in [2.45, 2.75) is 31.9 Å². The molecule has 1 amide bonds. The van der Waals surface area contributed by atoms with Gasteiger partial charge in [-0.2, -0.15) is 0 Å². The standard InChI is InChI=1S/C19H24N2O2/c1-14(19(22)20-13-18-8-5-11-23-18)21(2)17-10-9-15-6-3-4-7-16(15)12-17/h3-4,6-7,9-10,12,14,18H,5,8,11,13H2,1-2H3,(H,20,22). The maximum atomic E-state index is 12.4. The lowest BCUT2D eigenvalue weighted by Crippen LogP contribution is -2.45. The van der Waals surface area contributed by atoms with E-state index >= 15 is 0 Å². The lowest BCUT2D eigenvalue weighted by atomic mass is 10.1. The molecule has 2 aromatic carbocycles. The molecule has 0 spiro atoms. The minimum Gasteiger partial charge on any atom is -0.376 e. The summed E-state index contributed by atoms with van der Waals surface area (Å²) in [6, 6.07) is 14.3. The molecule has 1 aliphatic heterocycles. The van der Waals surface area contributed by atoms with Crippen LogP contribution in [-0.4, -0.2) is 38.3 Å². The number of nitrogens with zero attached hydrogens (tertiary/aromatic N) is 1. The number of hydrogen-bond donors (Lipinski definition) is 1. The monoisotopic (exact) mass is 312 g/mol. The number of carbonyl (C=O) groups excluding carboxylic acids is 1. The van der Waals surface area contributed by atoms with Crippen LogP contribution in [0.4, 0.5) is 5.69 Å². The largest absolute Gasteiger partial charge is 0.376 e. The van der Waals surface area contributed by atoms with E-state index in [1.807, 2.05) is 31.0 Å². The highest BCUT2D eigenvalue weighted by atomic mass is 16.5. The molecule has 2 unspecified atom stereocenters. The van der Waals surface area contributed by atoms with Crippen LogP contribution in [0, 0.1) is 0 Å². The van der Waals surface area contributed by atoms with Crippen molar-refractivity contribution in [1.82, 2.24) is 5.32 Å². The average Bonchev–Trinajstić information content (AvgIpc) is 3.11. The van der Waals surface area contributed by atoms with Crippen molar-refractivity contribution >= 4 is 22.4 Å². The minimum absolute atomic E-state index is 0.0381. The Morgan fingerprint density at radius 2 is 2.09 bits per heavy atom. The summed E-state index contributed by atoms with van der Waals surface area (Å²) in [4.78, 5) is 14.4. The van der Waals surface area contributed by atoms with E-state index in [2.05, 4.69) is 35.6 Å². The van der Waals surface area contributed by atoms with Crippen molar-refractivity contribution in [3.05, 3.63) is 42.5 Å². The topological polar surface area (TPSA) is 41.6 Å². The number of fused-ring (bicyclic) bond motifs is 1. The third-order valence-electron chi connectivity index (χ3n) is 4.63. The van der Waals surface area contributed by atoms with Crippen molar-refractivity contribution in [3.63, 3.8) is 0 Å². The first-order valence-corrected chi connectivity index (χ1v) is 8.26. The van der Waals surface area contributed by atoms with Gasteiger partial charge in [-0.15, -0.1) is 0 Å². The molecule has 23 heavy (non-hydrogen) atoms. The second kappa shape index (κ2) is 7.01. The highest BCUT2D eigenvalue weighted by molar-refractivity contribution is 5.88. The Labute approximate surface area is 137 Å². The maximum absolute atomic E-state index is 12.4. The van der Waals surface area contributed by atoms with Crippen LogP contribution in [-0.2, 0) is 9.53 Å². The van der Waals surface area contributed by atoms with Crippen LogP contribution >= 0.6 is 0 Å². The Balaban J connectivity index is 1.64. The quantitative estimate of drug-likeness (QED) is 0.923. The van der Waals surface area contributed by atoms with E-state index < -0.39 is 0 Å². The lowest BCUT2D eigenvalue weighted by Gasteiger charge is -2.27. The van der Waals surface area contributed by atoms with Gasteiger partial charge in [0, 0.05) is 25.9 Å². The maximum Gasteiger partial charge on any atom is 0.242 e. The Bertz CT molecular complexity index is 680. The van der Waals surface area contributed by atoms with Gasteiger partial charge in [-0.3, -0.25) is 4.79 Å².